The van der Waals surface area contributed by atoms with Crippen molar-refractivity contribution in [2.45, 2.75) is 27.4 Å². The molecule has 0 bridgehead atoms. The first-order valence-electron chi connectivity index (χ1n) is 9.35. The van der Waals surface area contributed by atoms with Gasteiger partial charge in [0.25, 0.3) is 0 Å². The molecule has 0 atom stereocenters. The van der Waals surface area contributed by atoms with Gasteiger partial charge < -0.3 is 9.15 Å². The smallest absolute Gasteiger partial charge is 0.235 e. The van der Waals surface area contributed by atoms with Crippen molar-refractivity contribution in [3.8, 4) is 17.1 Å². The number of hydrogen-bond donors (Lipinski definition) is 0. The van der Waals surface area contributed by atoms with Crippen molar-refractivity contribution < 1.29 is 9.15 Å². The Bertz CT molecular complexity index is 1190. The second-order valence-corrected chi connectivity index (χ2v) is 7.18. The van der Waals surface area contributed by atoms with E-state index in [-0.39, 0.29) is 11.2 Å². The number of fused-ring (bicyclic) bond motifs is 1. The van der Waals surface area contributed by atoms with E-state index >= 15 is 0 Å². The van der Waals surface area contributed by atoms with Crippen molar-refractivity contribution in [1.29, 1.82) is 0 Å². The number of rotatable bonds is 4. The molecule has 28 heavy (non-hydrogen) atoms. The molecule has 0 unspecified atom stereocenters. The molecule has 1 aromatic heterocycles. The molecule has 0 fully saturated rings. The fourth-order valence-electron chi connectivity index (χ4n) is 3.43. The van der Waals surface area contributed by atoms with Gasteiger partial charge in [-0.25, -0.2) is 0 Å². The van der Waals surface area contributed by atoms with Crippen molar-refractivity contribution >= 4 is 11.0 Å². The van der Waals surface area contributed by atoms with Gasteiger partial charge in [0.05, 0.1) is 5.39 Å². The summed E-state index contributed by atoms with van der Waals surface area (Å²) < 4.78 is 12.3. The average Bonchev–Trinajstić information content (AvgIpc) is 2.68. The molecular formula is C25H22O3. The predicted molar refractivity (Wildman–Crippen MR) is 113 cm³/mol. The molecule has 1 heterocycles. The quantitative estimate of drug-likeness (QED) is 0.445. The van der Waals surface area contributed by atoms with Crippen molar-refractivity contribution in [2.24, 2.45) is 0 Å². The van der Waals surface area contributed by atoms with Crippen LogP contribution in [0, 0.1) is 20.8 Å². The Morgan fingerprint density at radius 3 is 2.29 bits per heavy atom. The molecule has 0 aliphatic carbocycles. The minimum Gasteiger partial charge on any atom is -0.481 e. The second-order valence-electron chi connectivity index (χ2n) is 7.18. The summed E-state index contributed by atoms with van der Waals surface area (Å²) in [7, 11) is 0. The molecule has 0 saturated carbocycles. The summed E-state index contributed by atoms with van der Waals surface area (Å²) in [6.45, 7) is 6.26. The summed E-state index contributed by atoms with van der Waals surface area (Å²) in [6, 6.07) is 21.6. The zero-order valence-electron chi connectivity index (χ0n) is 16.3. The summed E-state index contributed by atoms with van der Waals surface area (Å²) in [5.41, 5.74) is 5.37. The molecule has 4 rings (SSSR count). The fraction of sp³-hybridized carbons (Fsp3) is 0.160. The van der Waals surface area contributed by atoms with Crippen LogP contribution in [0.2, 0.25) is 0 Å². The van der Waals surface area contributed by atoms with Crippen LogP contribution in [-0.2, 0) is 6.61 Å². The maximum Gasteiger partial charge on any atom is 0.235 e. The van der Waals surface area contributed by atoms with Crippen molar-refractivity contribution in [2.75, 3.05) is 0 Å². The van der Waals surface area contributed by atoms with Gasteiger partial charge in [0.15, 0.2) is 5.76 Å². The van der Waals surface area contributed by atoms with E-state index in [4.69, 9.17) is 9.15 Å². The van der Waals surface area contributed by atoms with Gasteiger partial charge >= 0.3 is 0 Å². The number of aryl methyl sites for hydroxylation is 3. The molecule has 3 heteroatoms. The van der Waals surface area contributed by atoms with E-state index in [0.717, 1.165) is 27.8 Å². The van der Waals surface area contributed by atoms with E-state index in [0.29, 0.717) is 23.3 Å². The summed E-state index contributed by atoms with van der Waals surface area (Å²) in [4.78, 5) is 13.4. The summed E-state index contributed by atoms with van der Waals surface area (Å²) >= 11 is 0. The molecule has 4 aromatic rings. The van der Waals surface area contributed by atoms with Crippen LogP contribution in [-0.4, -0.2) is 0 Å². The molecule has 140 valence electrons. The normalized spacial score (nSPS) is 11.0. The Hall–Kier alpha value is -3.33. The Balaban J connectivity index is 1.91. The lowest BCUT2D eigenvalue weighted by Gasteiger charge is -2.13. The van der Waals surface area contributed by atoms with Crippen molar-refractivity contribution in [3.63, 3.8) is 0 Å². The van der Waals surface area contributed by atoms with E-state index in [1.54, 1.807) is 0 Å². The molecule has 0 saturated heterocycles. The largest absolute Gasteiger partial charge is 0.481 e. The topological polar surface area (TPSA) is 39.4 Å². The predicted octanol–water partition coefficient (Wildman–Crippen LogP) is 5.96. The van der Waals surface area contributed by atoms with Crippen molar-refractivity contribution in [3.05, 3.63) is 99.2 Å². The zero-order chi connectivity index (χ0) is 19.7. The summed E-state index contributed by atoms with van der Waals surface area (Å²) in [5, 5.41) is 0.574. The first-order valence-corrected chi connectivity index (χ1v) is 9.35. The zero-order valence-corrected chi connectivity index (χ0v) is 16.3. The van der Waals surface area contributed by atoms with Gasteiger partial charge in [0.2, 0.25) is 11.2 Å². The number of hydrogen-bond acceptors (Lipinski definition) is 3. The van der Waals surface area contributed by atoms with Gasteiger partial charge in [-0.05, 0) is 43.5 Å². The third-order valence-electron chi connectivity index (χ3n) is 4.83. The minimum absolute atomic E-state index is 0.134. The van der Waals surface area contributed by atoms with E-state index in [2.05, 4.69) is 0 Å². The summed E-state index contributed by atoms with van der Waals surface area (Å²) in [6.07, 6.45) is 0. The van der Waals surface area contributed by atoms with Gasteiger partial charge in [-0.15, -0.1) is 0 Å². The van der Waals surface area contributed by atoms with Crippen LogP contribution >= 0.6 is 0 Å². The molecule has 3 nitrogen and oxygen atoms in total. The lowest BCUT2D eigenvalue weighted by Crippen LogP contribution is -2.11. The monoisotopic (exact) mass is 370 g/mol. The second kappa shape index (κ2) is 7.35. The first-order chi connectivity index (χ1) is 13.5. The number of benzene rings is 3. The maximum absolute atomic E-state index is 13.4. The van der Waals surface area contributed by atoms with Crippen LogP contribution in [0.3, 0.4) is 0 Å². The van der Waals surface area contributed by atoms with Crippen LogP contribution in [0.15, 0.2) is 75.9 Å². The lowest BCUT2D eigenvalue weighted by molar-refractivity contribution is 0.298. The lowest BCUT2D eigenvalue weighted by atomic mass is 10.0. The molecule has 0 aliphatic heterocycles. The SMILES string of the molecule is Cc1ccc(-c2oc3cc(C)cc(C)c3c(=O)c2OCc2ccccc2)cc1. The van der Waals surface area contributed by atoms with Gasteiger partial charge in [-0.2, -0.15) is 0 Å². The maximum atomic E-state index is 13.4. The molecular weight excluding hydrogens is 348 g/mol. The van der Waals surface area contributed by atoms with Crippen LogP contribution in [0.5, 0.6) is 5.75 Å². The van der Waals surface area contributed by atoms with Crippen LogP contribution < -0.4 is 10.2 Å². The molecule has 0 aliphatic rings. The van der Waals surface area contributed by atoms with Gasteiger partial charge in [0.1, 0.15) is 12.2 Å². The van der Waals surface area contributed by atoms with E-state index in [1.165, 1.54) is 0 Å². The van der Waals surface area contributed by atoms with Crippen molar-refractivity contribution in [1.82, 2.24) is 0 Å². The van der Waals surface area contributed by atoms with E-state index in [1.807, 2.05) is 87.5 Å². The third kappa shape index (κ3) is 3.44. The Kier molecular flexibility index (Phi) is 4.74. The van der Waals surface area contributed by atoms with E-state index < -0.39 is 0 Å². The summed E-state index contributed by atoms with van der Waals surface area (Å²) in [5.74, 6) is 0.727. The fourth-order valence-corrected chi connectivity index (χ4v) is 3.43. The highest BCUT2D eigenvalue weighted by molar-refractivity contribution is 5.85. The highest BCUT2D eigenvalue weighted by Crippen LogP contribution is 2.33. The van der Waals surface area contributed by atoms with Crippen LogP contribution in [0.4, 0.5) is 0 Å². The Morgan fingerprint density at radius 2 is 1.57 bits per heavy atom. The van der Waals surface area contributed by atoms with Gasteiger partial charge in [-0.1, -0.05) is 66.2 Å². The standard InChI is InChI=1S/C25H22O3/c1-16-9-11-20(12-10-16)24-25(27-15-19-7-5-4-6-8-19)23(26)22-18(3)13-17(2)14-21(22)28-24/h4-14H,15H2,1-3H3. The average molecular weight is 370 g/mol. The van der Waals surface area contributed by atoms with Crippen LogP contribution in [0.1, 0.15) is 22.3 Å². The Labute approximate surface area is 164 Å². The Morgan fingerprint density at radius 1 is 0.857 bits per heavy atom. The minimum atomic E-state index is -0.134. The van der Waals surface area contributed by atoms with Gasteiger partial charge in [-0.3, -0.25) is 4.79 Å². The highest BCUT2D eigenvalue weighted by Gasteiger charge is 2.19. The molecule has 3 aromatic carbocycles. The molecule has 0 amide bonds. The first kappa shape index (κ1) is 18.1. The molecule has 0 spiro atoms. The van der Waals surface area contributed by atoms with Gasteiger partial charge in [0, 0.05) is 5.56 Å². The molecule has 0 N–H and O–H groups in total. The van der Waals surface area contributed by atoms with Crippen LogP contribution in [0.25, 0.3) is 22.3 Å². The number of ether oxygens (including phenoxy) is 1. The van der Waals surface area contributed by atoms with E-state index in [9.17, 15) is 4.79 Å². The third-order valence-corrected chi connectivity index (χ3v) is 4.83. The highest BCUT2D eigenvalue weighted by atomic mass is 16.5. The molecule has 0 radical (unpaired) electrons.